The Bertz CT molecular complexity index is 315. The van der Waals surface area contributed by atoms with Gasteiger partial charge in [-0.25, -0.2) is 17.6 Å². The predicted molar refractivity (Wildman–Crippen MR) is 34.8 cm³/mol. The van der Waals surface area contributed by atoms with Crippen molar-refractivity contribution < 1.29 is 22.1 Å². The standard InChI is InChI=1S/C6H2F4OS/c7-2-1-3(12-11)5(9)6(10)4(2)8/h1,11H. The van der Waals surface area contributed by atoms with E-state index in [0.29, 0.717) is 6.07 Å². The summed E-state index contributed by atoms with van der Waals surface area (Å²) in [4.78, 5) is -0.689. The van der Waals surface area contributed by atoms with E-state index in [2.05, 4.69) is 0 Å². The quantitative estimate of drug-likeness (QED) is 0.324. The SMILES string of the molecule is OSc1cc(F)c(F)c(F)c1F. The van der Waals surface area contributed by atoms with E-state index in [9.17, 15) is 17.6 Å². The predicted octanol–water partition coefficient (Wildman–Crippen LogP) is 2.81. The Hall–Kier alpha value is -0.750. The van der Waals surface area contributed by atoms with E-state index < -0.39 is 28.2 Å². The zero-order chi connectivity index (χ0) is 9.30. The van der Waals surface area contributed by atoms with Gasteiger partial charge in [-0.05, 0) is 6.07 Å². The molecular formula is C6H2F4OS. The van der Waals surface area contributed by atoms with Crippen LogP contribution in [-0.4, -0.2) is 4.55 Å². The molecule has 0 heterocycles. The van der Waals surface area contributed by atoms with Crippen LogP contribution >= 0.6 is 12.0 Å². The van der Waals surface area contributed by atoms with Crippen molar-refractivity contribution in [1.29, 1.82) is 0 Å². The molecule has 12 heavy (non-hydrogen) atoms. The molecule has 0 unspecified atom stereocenters. The van der Waals surface area contributed by atoms with Crippen LogP contribution < -0.4 is 0 Å². The molecule has 0 aliphatic rings. The zero-order valence-electron chi connectivity index (χ0n) is 5.44. The topological polar surface area (TPSA) is 20.2 Å². The van der Waals surface area contributed by atoms with Gasteiger partial charge in [0.2, 0.25) is 0 Å². The van der Waals surface area contributed by atoms with Crippen LogP contribution in [0.4, 0.5) is 17.6 Å². The Morgan fingerprint density at radius 3 is 2.08 bits per heavy atom. The first-order valence-corrected chi connectivity index (χ1v) is 3.49. The number of rotatable bonds is 1. The van der Waals surface area contributed by atoms with Crippen LogP contribution in [0.1, 0.15) is 0 Å². The van der Waals surface area contributed by atoms with Gasteiger partial charge in [-0.1, -0.05) is 0 Å². The van der Waals surface area contributed by atoms with Crippen LogP contribution in [0.25, 0.3) is 0 Å². The maximum atomic E-state index is 12.5. The van der Waals surface area contributed by atoms with Crippen LogP contribution in [0, 0.1) is 23.3 Å². The van der Waals surface area contributed by atoms with E-state index in [-0.39, 0.29) is 12.0 Å². The van der Waals surface area contributed by atoms with E-state index in [1.165, 1.54) is 0 Å². The van der Waals surface area contributed by atoms with E-state index >= 15 is 0 Å². The lowest BCUT2D eigenvalue weighted by molar-refractivity contribution is 0.397. The summed E-state index contributed by atoms with van der Waals surface area (Å²) < 4.78 is 57.6. The summed E-state index contributed by atoms with van der Waals surface area (Å²) in [6, 6.07) is 0.373. The molecule has 0 fully saturated rings. The average Bonchev–Trinajstić information content (AvgIpc) is 2.08. The smallest absolute Gasteiger partial charge is 0.198 e. The van der Waals surface area contributed by atoms with Gasteiger partial charge >= 0.3 is 0 Å². The maximum absolute atomic E-state index is 12.5. The highest BCUT2D eigenvalue weighted by molar-refractivity contribution is 7.93. The second-order valence-electron chi connectivity index (χ2n) is 1.89. The monoisotopic (exact) mass is 198 g/mol. The van der Waals surface area contributed by atoms with Crippen molar-refractivity contribution in [2.24, 2.45) is 0 Å². The fourth-order valence-corrected chi connectivity index (χ4v) is 0.944. The van der Waals surface area contributed by atoms with E-state index in [4.69, 9.17) is 4.55 Å². The van der Waals surface area contributed by atoms with Gasteiger partial charge in [0, 0.05) is 12.0 Å². The van der Waals surface area contributed by atoms with Crippen molar-refractivity contribution >= 4 is 12.0 Å². The van der Waals surface area contributed by atoms with Crippen molar-refractivity contribution in [2.45, 2.75) is 4.90 Å². The van der Waals surface area contributed by atoms with Gasteiger partial charge in [0.1, 0.15) is 0 Å². The fourth-order valence-electron chi connectivity index (χ4n) is 0.618. The fraction of sp³-hybridized carbons (Fsp3) is 0. The molecule has 1 rings (SSSR count). The largest absolute Gasteiger partial charge is 0.325 e. The van der Waals surface area contributed by atoms with Crippen molar-refractivity contribution in [1.82, 2.24) is 0 Å². The van der Waals surface area contributed by atoms with Crippen LogP contribution in [-0.2, 0) is 0 Å². The Labute approximate surface area is 69.2 Å². The minimum absolute atomic E-state index is 0.189. The van der Waals surface area contributed by atoms with Crippen LogP contribution in [0.2, 0.25) is 0 Å². The molecule has 1 aromatic carbocycles. The summed E-state index contributed by atoms with van der Waals surface area (Å²) in [7, 11) is 0. The third-order valence-electron chi connectivity index (χ3n) is 1.17. The molecule has 0 saturated heterocycles. The van der Waals surface area contributed by atoms with Crippen molar-refractivity contribution in [2.75, 3.05) is 0 Å². The lowest BCUT2D eigenvalue weighted by atomic mass is 10.3. The second-order valence-corrected chi connectivity index (χ2v) is 2.51. The molecule has 0 saturated carbocycles. The minimum atomic E-state index is -1.92. The number of halogens is 4. The van der Waals surface area contributed by atoms with Crippen LogP contribution in [0.3, 0.4) is 0 Å². The van der Waals surface area contributed by atoms with Gasteiger partial charge in [-0.15, -0.1) is 0 Å². The van der Waals surface area contributed by atoms with Gasteiger partial charge in [-0.2, -0.15) is 0 Å². The van der Waals surface area contributed by atoms with E-state index in [1.807, 2.05) is 0 Å². The zero-order valence-corrected chi connectivity index (χ0v) is 6.26. The van der Waals surface area contributed by atoms with Gasteiger partial charge in [0.05, 0.1) is 4.90 Å². The Morgan fingerprint density at radius 1 is 1.00 bits per heavy atom. The molecule has 1 aromatic rings. The highest BCUT2D eigenvalue weighted by atomic mass is 32.2. The molecule has 0 bridgehead atoms. The van der Waals surface area contributed by atoms with Crippen LogP contribution in [0.5, 0.6) is 0 Å². The number of benzene rings is 1. The summed E-state index contributed by atoms with van der Waals surface area (Å²) in [5.41, 5.74) is 0. The molecule has 6 heteroatoms. The summed E-state index contributed by atoms with van der Waals surface area (Å²) in [5.74, 6) is -6.94. The molecule has 0 aromatic heterocycles. The lowest BCUT2D eigenvalue weighted by Gasteiger charge is -2.00. The first-order chi connectivity index (χ1) is 5.57. The summed E-state index contributed by atoms with van der Waals surface area (Å²) >= 11 is -0.189. The molecule has 0 spiro atoms. The molecule has 0 aliphatic carbocycles. The normalized spacial score (nSPS) is 10.4. The Balaban J connectivity index is 3.39. The lowest BCUT2D eigenvalue weighted by Crippen LogP contribution is -1.96. The Kier molecular flexibility index (Phi) is 2.58. The molecular weight excluding hydrogens is 196 g/mol. The van der Waals surface area contributed by atoms with E-state index in [0.717, 1.165) is 0 Å². The molecule has 0 amide bonds. The van der Waals surface area contributed by atoms with Gasteiger partial charge in [0.15, 0.2) is 23.3 Å². The third-order valence-corrected chi connectivity index (χ3v) is 1.66. The van der Waals surface area contributed by atoms with Crippen molar-refractivity contribution in [3.8, 4) is 0 Å². The highest BCUT2D eigenvalue weighted by Gasteiger charge is 2.18. The van der Waals surface area contributed by atoms with E-state index in [1.54, 1.807) is 0 Å². The molecule has 0 atom stereocenters. The van der Waals surface area contributed by atoms with Gasteiger partial charge in [0.25, 0.3) is 0 Å². The van der Waals surface area contributed by atoms with Crippen molar-refractivity contribution in [3.05, 3.63) is 29.3 Å². The summed E-state index contributed by atoms with van der Waals surface area (Å²) in [6.45, 7) is 0. The first kappa shape index (κ1) is 9.34. The summed E-state index contributed by atoms with van der Waals surface area (Å²) in [5, 5.41) is 0. The summed E-state index contributed by atoms with van der Waals surface area (Å²) in [6.07, 6.45) is 0. The van der Waals surface area contributed by atoms with Gasteiger partial charge in [-0.3, -0.25) is 0 Å². The van der Waals surface area contributed by atoms with Crippen LogP contribution in [0.15, 0.2) is 11.0 Å². The molecule has 66 valence electrons. The number of hydrogen-bond acceptors (Lipinski definition) is 2. The molecule has 1 N–H and O–H groups in total. The molecule has 0 aliphatic heterocycles. The van der Waals surface area contributed by atoms with Crippen molar-refractivity contribution in [3.63, 3.8) is 0 Å². The van der Waals surface area contributed by atoms with Gasteiger partial charge < -0.3 is 4.55 Å². The second kappa shape index (κ2) is 3.32. The minimum Gasteiger partial charge on any atom is -0.325 e. The average molecular weight is 198 g/mol. The maximum Gasteiger partial charge on any atom is 0.198 e. The first-order valence-electron chi connectivity index (χ1n) is 2.72. The molecule has 1 nitrogen and oxygen atoms in total. The number of hydrogen-bond donors (Lipinski definition) is 1. The third kappa shape index (κ3) is 1.39. The molecule has 0 radical (unpaired) electrons. The Morgan fingerprint density at radius 2 is 1.58 bits per heavy atom. The highest BCUT2D eigenvalue weighted by Crippen LogP contribution is 2.24.